The summed E-state index contributed by atoms with van der Waals surface area (Å²) < 4.78 is 10.5. The number of rotatable bonds is 9. The van der Waals surface area contributed by atoms with Gasteiger partial charge >= 0.3 is 0 Å². The molecule has 0 saturated carbocycles. The fourth-order valence-corrected chi connectivity index (χ4v) is 0.861. The van der Waals surface area contributed by atoms with Crippen molar-refractivity contribution in [2.24, 2.45) is 0 Å². The maximum atomic E-state index is 10.4. The summed E-state index contributed by atoms with van der Waals surface area (Å²) in [6.45, 7) is 4.58. The first kappa shape index (κ1) is 13.5. The molecule has 0 bridgehead atoms. The minimum Gasteiger partial charge on any atom is -0.378 e. The normalized spacial score (nSPS) is 13.1. The van der Waals surface area contributed by atoms with Crippen LogP contribution < -0.4 is 0 Å². The number of nitrogens with zero attached hydrogens (tertiary/aromatic N) is 1. The largest absolute Gasteiger partial charge is 0.378 e. The molecule has 0 spiro atoms. The molecule has 0 aromatic rings. The lowest BCUT2D eigenvalue weighted by molar-refractivity contribution is -0.119. The summed E-state index contributed by atoms with van der Waals surface area (Å²) in [5.41, 5.74) is 0. The highest BCUT2D eigenvalue weighted by Gasteiger charge is 2.02. The number of hydrogen-bond donors (Lipinski definition) is 0. The summed E-state index contributed by atoms with van der Waals surface area (Å²) in [7, 11) is 4.00. The van der Waals surface area contributed by atoms with Crippen LogP contribution in [0.15, 0.2) is 0 Å². The molecular weight excluding hydrogens is 182 g/mol. The van der Waals surface area contributed by atoms with E-state index in [9.17, 15) is 4.79 Å². The number of aldehydes is 1. The van der Waals surface area contributed by atoms with Crippen LogP contribution >= 0.6 is 0 Å². The fraction of sp³-hybridized carbons (Fsp3) is 0.900. The van der Waals surface area contributed by atoms with Crippen LogP contribution in [-0.4, -0.2) is 57.8 Å². The fourth-order valence-electron chi connectivity index (χ4n) is 0.861. The van der Waals surface area contributed by atoms with E-state index >= 15 is 0 Å². The molecule has 4 heteroatoms. The minimum atomic E-state index is -0.271. The van der Waals surface area contributed by atoms with E-state index in [4.69, 9.17) is 9.47 Å². The molecule has 0 saturated heterocycles. The van der Waals surface area contributed by atoms with Gasteiger partial charge in [0.15, 0.2) is 0 Å². The highest BCUT2D eigenvalue weighted by molar-refractivity contribution is 5.55. The van der Waals surface area contributed by atoms with Gasteiger partial charge in [-0.1, -0.05) is 6.92 Å². The summed E-state index contributed by atoms with van der Waals surface area (Å²) in [5, 5.41) is 0. The molecular formula is C10H21NO3. The van der Waals surface area contributed by atoms with Crippen LogP contribution in [0.3, 0.4) is 0 Å². The molecule has 0 aromatic heterocycles. The van der Waals surface area contributed by atoms with Crippen molar-refractivity contribution >= 4 is 6.29 Å². The lowest BCUT2D eigenvalue weighted by Crippen LogP contribution is -2.21. The van der Waals surface area contributed by atoms with Crippen molar-refractivity contribution in [3.8, 4) is 0 Å². The van der Waals surface area contributed by atoms with Crippen molar-refractivity contribution in [2.45, 2.75) is 19.4 Å². The highest BCUT2D eigenvalue weighted by Crippen LogP contribution is 1.93. The molecule has 1 unspecified atom stereocenters. The monoisotopic (exact) mass is 203 g/mol. The average molecular weight is 203 g/mol. The van der Waals surface area contributed by atoms with Crippen molar-refractivity contribution < 1.29 is 14.3 Å². The van der Waals surface area contributed by atoms with E-state index in [0.717, 1.165) is 19.3 Å². The topological polar surface area (TPSA) is 38.8 Å². The van der Waals surface area contributed by atoms with Gasteiger partial charge in [0.05, 0.1) is 19.8 Å². The van der Waals surface area contributed by atoms with Crippen LogP contribution in [0.1, 0.15) is 13.3 Å². The molecule has 0 aliphatic heterocycles. The Balaban J connectivity index is 3.16. The first-order chi connectivity index (χ1) is 6.70. The van der Waals surface area contributed by atoms with Gasteiger partial charge in [-0.25, -0.2) is 0 Å². The molecule has 0 aromatic carbocycles. The molecule has 1 atom stereocenters. The molecule has 14 heavy (non-hydrogen) atoms. The predicted octanol–water partition coefficient (Wildman–Crippen LogP) is 0.559. The second kappa shape index (κ2) is 9.12. The Hall–Kier alpha value is -0.450. The van der Waals surface area contributed by atoms with Crippen LogP contribution in [0.4, 0.5) is 0 Å². The third-order valence-electron chi connectivity index (χ3n) is 1.80. The van der Waals surface area contributed by atoms with Gasteiger partial charge in [-0.15, -0.1) is 0 Å². The van der Waals surface area contributed by atoms with E-state index in [-0.39, 0.29) is 6.10 Å². The Morgan fingerprint density at radius 3 is 2.50 bits per heavy atom. The van der Waals surface area contributed by atoms with E-state index in [1.807, 2.05) is 21.0 Å². The Labute approximate surface area is 86.2 Å². The molecule has 0 heterocycles. The van der Waals surface area contributed by atoms with E-state index < -0.39 is 0 Å². The summed E-state index contributed by atoms with van der Waals surface area (Å²) in [5.74, 6) is 0. The number of carbonyl (C=O) groups is 1. The van der Waals surface area contributed by atoms with Crippen molar-refractivity contribution in [3.05, 3.63) is 0 Å². The van der Waals surface area contributed by atoms with Gasteiger partial charge in [0.25, 0.3) is 0 Å². The number of hydrogen-bond acceptors (Lipinski definition) is 4. The zero-order valence-corrected chi connectivity index (χ0v) is 9.36. The molecule has 0 fully saturated rings. The molecule has 0 aliphatic rings. The first-order valence-corrected chi connectivity index (χ1v) is 5.00. The smallest absolute Gasteiger partial charge is 0.148 e. The van der Waals surface area contributed by atoms with Gasteiger partial charge in [0.2, 0.25) is 0 Å². The van der Waals surface area contributed by atoms with Gasteiger partial charge in [0.1, 0.15) is 12.4 Å². The Morgan fingerprint density at radius 1 is 1.29 bits per heavy atom. The lowest BCUT2D eigenvalue weighted by atomic mass is 10.3. The molecule has 0 N–H and O–H groups in total. The van der Waals surface area contributed by atoms with Gasteiger partial charge in [-0.05, 0) is 20.5 Å². The predicted molar refractivity (Wildman–Crippen MR) is 55.5 cm³/mol. The van der Waals surface area contributed by atoms with Gasteiger partial charge in [0, 0.05) is 6.54 Å². The summed E-state index contributed by atoms with van der Waals surface area (Å²) >= 11 is 0. The molecule has 4 nitrogen and oxygen atoms in total. The Bertz CT molecular complexity index is 139. The van der Waals surface area contributed by atoms with Crippen LogP contribution in [0, 0.1) is 0 Å². The number of carbonyl (C=O) groups excluding carboxylic acids is 1. The first-order valence-electron chi connectivity index (χ1n) is 5.00. The summed E-state index contributed by atoms with van der Waals surface area (Å²) in [6, 6.07) is 0. The Morgan fingerprint density at radius 2 is 2.00 bits per heavy atom. The molecule has 0 aliphatic carbocycles. The zero-order valence-electron chi connectivity index (χ0n) is 9.36. The SMILES string of the molecule is CCC(C=O)OCCOCCN(C)C. The maximum Gasteiger partial charge on any atom is 0.148 e. The van der Waals surface area contributed by atoms with Crippen molar-refractivity contribution in [1.29, 1.82) is 0 Å². The zero-order chi connectivity index (χ0) is 10.8. The van der Waals surface area contributed by atoms with E-state index in [2.05, 4.69) is 4.90 Å². The minimum absolute atomic E-state index is 0.271. The molecule has 84 valence electrons. The number of likely N-dealkylation sites (N-methyl/N-ethyl adjacent to an activating group) is 1. The average Bonchev–Trinajstić information content (AvgIpc) is 2.16. The van der Waals surface area contributed by atoms with Crippen LogP contribution in [0.25, 0.3) is 0 Å². The molecule has 0 radical (unpaired) electrons. The van der Waals surface area contributed by atoms with Crippen LogP contribution in [-0.2, 0) is 14.3 Å². The van der Waals surface area contributed by atoms with Crippen molar-refractivity contribution in [2.75, 3.05) is 40.5 Å². The Kier molecular flexibility index (Phi) is 8.83. The lowest BCUT2D eigenvalue weighted by Gasteiger charge is -2.11. The number of ether oxygens (including phenoxy) is 2. The van der Waals surface area contributed by atoms with E-state index in [0.29, 0.717) is 19.8 Å². The van der Waals surface area contributed by atoms with Gasteiger partial charge in [-0.2, -0.15) is 0 Å². The van der Waals surface area contributed by atoms with E-state index in [1.54, 1.807) is 0 Å². The third kappa shape index (κ3) is 8.16. The summed E-state index contributed by atoms with van der Waals surface area (Å²) in [6.07, 6.45) is 1.29. The van der Waals surface area contributed by atoms with E-state index in [1.165, 1.54) is 0 Å². The summed E-state index contributed by atoms with van der Waals surface area (Å²) in [4.78, 5) is 12.4. The second-order valence-corrected chi connectivity index (χ2v) is 3.37. The van der Waals surface area contributed by atoms with Gasteiger partial charge < -0.3 is 19.2 Å². The highest BCUT2D eigenvalue weighted by atomic mass is 16.5. The van der Waals surface area contributed by atoms with Crippen LogP contribution in [0.5, 0.6) is 0 Å². The standard InChI is InChI=1S/C10H21NO3/c1-4-10(9-12)14-8-7-13-6-5-11(2)3/h9-10H,4-8H2,1-3H3. The second-order valence-electron chi connectivity index (χ2n) is 3.37. The van der Waals surface area contributed by atoms with Crippen molar-refractivity contribution in [1.82, 2.24) is 4.90 Å². The third-order valence-corrected chi connectivity index (χ3v) is 1.80. The van der Waals surface area contributed by atoms with Crippen molar-refractivity contribution in [3.63, 3.8) is 0 Å². The van der Waals surface area contributed by atoms with Gasteiger partial charge in [-0.3, -0.25) is 0 Å². The van der Waals surface area contributed by atoms with Crippen LogP contribution in [0.2, 0.25) is 0 Å². The maximum absolute atomic E-state index is 10.4. The molecule has 0 amide bonds. The quantitative estimate of drug-likeness (QED) is 0.405. The molecule has 0 rings (SSSR count).